The molecule has 0 fully saturated rings. The molecule has 2 atom stereocenters. The van der Waals surface area contributed by atoms with Crippen LogP contribution in [-0.2, 0) is 10.4 Å². The molecule has 0 aliphatic carbocycles. The number of aliphatic hydroxyl groups is 1. The number of carbonyl (C=O) groups excluding carboxylic acids is 1. The highest BCUT2D eigenvalue weighted by atomic mass is 32.1. The number of thiophene rings is 1. The summed E-state index contributed by atoms with van der Waals surface area (Å²) in [6.45, 7) is 6.11. The van der Waals surface area contributed by atoms with Crippen molar-refractivity contribution < 1.29 is 9.90 Å². The van der Waals surface area contributed by atoms with Crippen LogP contribution in [0.15, 0.2) is 41.8 Å². The number of rotatable bonds is 7. The Kier molecular flexibility index (Phi) is 5.93. The van der Waals surface area contributed by atoms with Crippen LogP contribution in [0, 0.1) is 6.92 Å². The number of para-hydroxylation sites is 1. The maximum Gasteiger partial charge on any atom is 0.225 e. The van der Waals surface area contributed by atoms with Crippen molar-refractivity contribution in [3.8, 4) is 0 Å². The van der Waals surface area contributed by atoms with Gasteiger partial charge in [-0.1, -0.05) is 24.3 Å². The Hall–Kier alpha value is -1.69. The molecular weight excluding hydrogens is 308 g/mol. The largest absolute Gasteiger partial charge is 0.383 e. The van der Waals surface area contributed by atoms with Gasteiger partial charge in [-0.2, -0.15) is 0 Å². The van der Waals surface area contributed by atoms with E-state index in [0.717, 1.165) is 16.1 Å². The number of benzene rings is 1. The fraction of sp³-hybridized carbons (Fsp3) is 0.389. The predicted molar refractivity (Wildman–Crippen MR) is 95.8 cm³/mol. The number of amides is 1. The van der Waals surface area contributed by atoms with Gasteiger partial charge in [0.15, 0.2) is 0 Å². The van der Waals surface area contributed by atoms with Crippen molar-refractivity contribution in [1.29, 1.82) is 0 Å². The van der Waals surface area contributed by atoms with Crippen LogP contribution in [0.25, 0.3) is 0 Å². The molecule has 0 saturated carbocycles. The van der Waals surface area contributed by atoms with Crippen LogP contribution in [0.5, 0.6) is 0 Å². The van der Waals surface area contributed by atoms with Crippen molar-refractivity contribution in [1.82, 2.24) is 5.32 Å². The lowest BCUT2D eigenvalue weighted by molar-refractivity contribution is -0.116. The minimum Gasteiger partial charge on any atom is -0.383 e. The molecule has 5 heteroatoms. The molecule has 0 bridgehead atoms. The zero-order valence-corrected chi connectivity index (χ0v) is 14.6. The molecule has 0 radical (unpaired) electrons. The minimum atomic E-state index is -0.922. The number of carbonyl (C=O) groups is 1. The number of hydrogen-bond acceptors (Lipinski definition) is 4. The van der Waals surface area contributed by atoms with E-state index in [2.05, 4.69) is 10.6 Å². The molecule has 3 N–H and O–H groups in total. The zero-order valence-electron chi connectivity index (χ0n) is 13.8. The van der Waals surface area contributed by atoms with E-state index >= 15 is 0 Å². The maximum absolute atomic E-state index is 12.1. The molecule has 0 aliphatic rings. The van der Waals surface area contributed by atoms with Crippen LogP contribution in [-0.4, -0.2) is 23.6 Å². The minimum absolute atomic E-state index is 0.0227. The third kappa shape index (κ3) is 5.16. The third-order valence-corrected chi connectivity index (χ3v) is 4.88. The molecule has 124 valence electrons. The molecule has 23 heavy (non-hydrogen) atoms. The van der Waals surface area contributed by atoms with E-state index in [9.17, 15) is 9.90 Å². The average Bonchev–Trinajstić information content (AvgIpc) is 3.03. The Morgan fingerprint density at radius 1 is 1.30 bits per heavy atom. The summed E-state index contributed by atoms with van der Waals surface area (Å²) in [6, 6.07) is 11.5. The Balaban J connectivity index is 1.81. The quantitative estimate of drug-likeness (QED) is 0.729. The molecule has 2 aromatic rings. The van der Waals surface area contributed by atoms with Crippen LogP contribution < -0.4 is 10.6 Å². The van der Waals surface area contributed by atoms with Gasteiger partial charge in [0.05, 0.1) is 0 Å². The topological polar surface area (TPSA) is 61.4 Å². The first-order valence-corrected chi connectivity index (χ1v) is 8.61. The van der Waals surface area contributed by atoms with Gasteiger partial charge < -0.3 is 15.7 Å². The molecule has 1 heterocycles. The van der Waals surface area contributed by atoms with Crippen molar-refractivity contribution in [2.24, 2.45) is 0 Å². The highest BCUT2D eigenvalue weighted by Crippen LogP contribution is 2.24. The highest BCUT2D eigenvalue weighted by Gasteiger charge is 2.24. The summed E-state index contributed by atoms with van der Waals surface area (Å²) in [5.41, 5.74) is 0.965. The first kappa shape index (κ1) is 17.7. The molecule has 2 unspecified atom stereocenters. The third-order valence-electron chi connectivity index (χ3n) is 3.76. The van der Waals surface area contributed by atoms with E-state index < -0.39 is 5.60 Å². The van der Waals surface area contributed by atoms with Gasteiger partial charge in [-0.3, -0.25) is 4.79 Å². The van der Waals surface area contributed by atoms with Crippen LogP contribution in [0.4, 0.5) is 5.69 Å². The fourth-order valence-corrected chi connectivity index (χ4v) is 3.10. The summed E-state index contributed by atoms with van der Waals surface area (Å²) in [4.78, 5) is 13.0. The highest BCUT2D eigenvalue weighted by molar-refractivity contribution is 7.10. The van der Waals surface area contributed by atoms with Crippen molar-refractivity contribution in [2.75, 3.05) is 11.9 Å². The van der Waals surface area contributed by atoms with E-state index in [1.807, 2.05) is 55.6 Å². The molecule has 0 saturated heterocycles. The van der Waals surface area contributed by atoms with Crippen molar-refractivity contribution >= 4 is 22.9 Å². The van der Waals surface area contributed by atoms with Crippen LogP contribution in [0.3, 0.4) is 0 Å². The fourth-order valence-electron chi connectivity index (χ4n) is 2.31. The van der Waals surface area contributed by atoms with Gasteiger partial charge in [0.1, 0.15) is 5.60 Å². The van der Waals surface area contributed by atoms with E-state index in [4.69, 9.17) is 0 Å². The van der Waals surface area contributed by atoms with Gasteiger partial charge in [0.2, 0.25) is 5.91 Å². The number of hydrogen-bond donors (Lipinski definition) is 3. The summed E-state index contributed by atoms with van der Waals surface area (Å²) in [5.74, 6) is -0.0323. The molecule has 1 aromatic carbocycles. The number of aryl methyl sites for hydroxylation is 1. The zero-order chi connectivity index (χ0) is 16.9. The average molecular weight is 332 g/mol. The van der Waals surface area contributed by atoms with Crippen LogP contribution >= 0.6 is 11.3 Å². The molecule has 4 nitrogen and oxygen atoms in total. The second-order valence-corrected chi connectivity index (χ2v) is 7.05. The molecule has 1 aromatic heterocycles. The smallest absolute Gasteiger partial charge is 0.225 e. The monoisotopic (exact) mass is 332 g/mol. The summed E-state index contributed by atoms with van der Waals surface area (Å²) in [5, 5.41) is 18.6. The Morgan fingerprint density at radius 2 is 2.04 bits per heavy atom. The van der Waals surface area contributed by atoms with Gasteiger partial charge in [0, 0.05) is 29.6 Å². The van der Waals surface area contributed by atoms with Gasteiger partial charge in [-0.15, -0.1) is 11.3 Å². The normalized spacial score (nSPS) is 15.0. The number of nitrogens with one attached hydrogen (secondary N) is 2. The standard InChI is InChI=1S/C18H24N2O2S/c1-13-7-4-5-8-15(13)20-17(21)11-14(2)19-12-18(3,22)16-9-6-10-23-16/h4-10,14,19,22H,11-12H2,1-3H3,(H,20,21). The molecular formula is C18H24N2O2S. The SMILES string of the molecule is Cc1ccccc1NC(=O)CC(C)NCC(C)(O)c1cccs1. The second-order valence-electron chi connectivity index (χ2n) is 6.10. The Bertz CT molecular complexity index is 638. The molecule has 0 aliphatic heterocycles. The molecule has 1 amide bonds. The Labute approximate surface area is 141 Å². The van der Waals surface area contributed by atoms with Gasteiger partial charge in [0.25, 0.3) is 0 Å². The van der Waals surface area contributed by atoms with Crippen molar-refractivity contribution in [2.45, 2.75) is 38.8 Å². The lowest BCUT2D eigenvalue weighted by Gasteiger charge is -2.25. The first-order valence-electron chi connectivity index (χ1n) is 7.74. The van der Waals surface area contributed by atoms with E-state index in [0.29, 0.717) is 13.0 Å². The molecule has 0 spiro atoms. The summed E-state index contributed by atoms with van der Waals surface area (Å²) in [7, 11) is 0. The van der Waals surface area contributed by atoms with E-state index in [1.165, 1.54) is 11.3 Å². The van der Waals surface area contributed by atoms with Gasteiger partial charge in [-0.25, -0.2) is 0 Å². The van der Waals surface area contributed by atoms with Crippen LogP contribution in [0.2, 0.25) is 0 Å². The predicted octanol–water partition coefficient (Wildman–Crippen LogP) is 3.27. The van der Waals surface area contributed by atoms with Crippen LogP contribution in [0.1, 0.15) is 30.7 Å². The Morgan fingerprint density at radius 3 is 2.70 bits per heavy atom. The van der Waals surface area contributed by atoms with E-state index in [1.54, 1.807) is 6.92 Å². The summed E-state index contributed by atoms with van der Waals surface area (Å²) < 4.78 is 0. The lowest BCUT2D eigenvalue weighted by Crippen LogP contribution is -2.40. The van der Waals surface area contributed by atoms with Crippen molar-refractivity contribution in [3.05, 3.63) is 52.2 Å². The maximum atomic E-state index is 12.1. The summed E-state index contributed by atoms with van der Waals surface area (Å²) in [6.07, 6.45) is 0.356. The second kappa shape index (κ2) is 7.73. The molecule has 2 rings (SSSR count). The van der Waals surface area contributed by atoms with Crippen molar-refractivity contribution in [3.63, 3.8) is 0 Å². The van der Waals surface area contributed by atoms with E-state index in [-0.39, 0.29) is 11.9 Å². The number of anilines is 1. The summed E-state index contributed by atoms with van der Waals surface area (Å²) >= 11 is 1.53. The first-order chi connectivity index (χ1) is 10.9. The van der Waals surface area contributed by atoms with Gasteiger partial charge in [-0.05, 0) is 43.8 Å². The lowest BCUT2D eigenvalue weighted by atomic mass is 10.0. The van der Waals surface area contributed by atoms with Gasteiger partial charge >= 0.3 is 0 Å².